The van der Waals surface area contributed by atoms with Crippen molar-refractivity contribution in [3.8, 4) is 0 Å². The van der Waals surface area contributed by atoms with Gasteiger partial charge in [-0.3, -0.25) is 0 Å². The Bertz CT molecular complexity index is 378. The molecule has 0 bridgehead atoms. The molecule has 1 aromatic heterocycles. The van der Waals surface area contributed by atoms with E-state index in [4.69, 9.17) is 5.73 Å². The van der Waals surface area contributed by atoms with Crippen LogP contribution in [0.4, 0.5) is 5.82 Å². The molecule has 0 unspecified atom stereocenters. The number of unbranched alkanes of at least 4 members (excludes halogenated alkanes) is 3. The van der Waals surface area contributed by atoms with Gasteiger partial charge in [0, 0.05) is 17.8 Å². The Morgan fingerprint density at radius 1 is 1.00 bits per heavy atom. The van der Waals surface area contributed by atoms with Crippen LogP contribution in [-0.2, 0) is 12.8 Å². The Kier molecular flexibility index (Phi) is 6.08. The van der Waals surface area contributed by atoms with Crippen LogP contribution in [0.3, 0.4) is 0 Å². The lowest BCUT2D eigenvalue weighted by molar-refractivity contribution is 0.660. The van der Waals surface area contributed by atoms with Crippen molar-refractivity contribution in [1.29, 1.82) is 0 Å². The van der Waals surface area contributed by atoms with Crippen molar-refractivity contribution >= 4 is 5.82 Å². The van der Waals surface area contributed by atoms with E-state index in [1.54, 1.807) is 6.33 Å². The zero-order valence-corrected chi connectivity index (χ0v) is 11.8. The van der Waals surface area contributed by atoms with E-state index >= 15 is 0 Å². The fourth-order valence-electron chi connectivity index (χ4n) is 2.68. The van der Waals surface area contributed by atoms with Gasteiger partial charge in [0.25, 0.3) is 0 Å². The molecule has 1 aliphatic carbocycles. The molecular weight excluding hydrogens is 236 g/mol. The minimum absolute atomic E-state index is 0.812. The number of hydrogen-bond donors (Lipinski definition) is 2. The fraction of sp³-hybridized carbons (Fsp3) is 0.733. The third kappa shape index (κ3) is 4.46. The summed E-state index contributed by atoms with van der Waals surface area (Å²) in [7, 11) is 0. The second kappa shape index (κ2) is 8.10. The number of aryl methyl sites for hydroxylation is 1. The molecule has 0 amide bonds. The molecular formula is C15H26N4. The summed E-state index contributed by atoms with van der Waals surface area (Å²) >= 11 is 0. The van der Waals surface area contributed by atoms with E-state index in [1.165, 1.54) is 49.8 Å². The van der Waals surface area contributed by atoms with Gasteiger partial charge >= 0.3 is 0 Å². The monoisotopic (exact) mass is 262 g/mol. The number of nitrogens with zero attached hydrogens (tertiary/aromatic N) is 2. The Labute approximate surface area is 116 Å². The minimum Gasteiger partial charge on any atom is -0.370 e. The first kappa shape index (κ1) is 14.3. The molecule has 0 aromatic carbocycles. The molecule has 0 radical (unpaired) electrons. The van der Waals surface area contributed by atoms with Gasteiger partial charge < -0.3 is 11.1 Å². The normalized spacial score (nSPS) is 14.8. The summed E-state index contributed by atoms with van der Waals surface area (Å²) in [5.74, 6) is 1.07. The highest BCUT2D eigenvalue weighted by atomic mass is 15.0. The molecule has 0 atom stereocenters. The number of aromatic nitrogens is 2. The first-order valence-electron chi connectivity index (χ1n) is 7.68. The van der Waals surface area contributed by atoms with E-state index < -0.39 is 0 Å². The van der Waals surface area contributed by atoms with E-state index in [9.17, 15) is 0 Å². The highest BCUT2D eigenvalue weighted by Gasteiger charge is 2.13. The van der Waals surface area contributed by atoms with Gasteiger partial charge in [-0.25, -0.2) is 9.97 Å². The highest BCUT2D eigenvalue weighted by molar-refractivity contribution is 5.46. The first-order valence-corrected chi connectivity index (χ1v) is 7.68. The van der Waals surface area contributed by atoms with Crippen molar-refractivity contribution in [2.75, 3.05) is 18.4 Å². The number of anilines is 1. The molecule has 3 N–H and O–H groups in total. The lowest BCUT2D eigenvalue weighted by atomic mass is 10.1. The van der Waals surface area contributed by atoms with E-state index in [2.05, 4.69) is 15.3 Å². The summed E-state index contributed by atoms with van der Waals surface area (Å²) in [6.45, 7) is 1.82. The third-order valence-electron chi connectivity index (χ3n) is 3.80. The quantitative estimate of drug-likeness (QED) is 0.586. The molecule has 19 heavy (non-hydrogen) atoms. The van der Waals surface area contributed by atoms with E-state index in [-0.39, 0.29) is 0 Å². The van der Waals surface area contributed by atoms with Crippen LogP contribution in [0.25, 0.3) is 0 Å². The van der Waals surface area contributed by atoms with Crippen LogP contribution in [-0.4, -0.2) is 23.1 Å². The lowest BCUT2D eigenvalue weighted by Crippen LogP contribution is -2.09. The summed E-state index contributed by atoms with van der Waals surface area (Å²) in [6, 6.07) is 0. The van der Waals surface area contributed by atoms with Crippen LogP contribution in [0.5, 0.6) is 0 Å². The standard InChI is InChI=1S/C15H26N4/c16-10-6-1-2-7-11-17-15-13-8-4-3-5-9-14(13)18-12-19-15/h12H,1-11,16H2,(H,17,18,19). The maximum Gasteiger partial charge on any atom is 0.132 e. The second-order valence-corrected chi connectivity index (χ2v) is 5.34. The highest BCUT2D eigenvalue weighted by Crippen LogP contribution is 2.23. The minimum atomic E-state index is 0.812. The molecule has 0 saturated carbocycles. The van der Waals surface area contributed by atoms with E-state index in [0.29, 0.717) is 0 Å². The van der Waals surface area contributed by atoms with Crippen LogP contribution in [0.1, 0.15) is 56.2 Å². The van der Waals surface area contributed by atoms with Gasteiger partial charge in [0.2, 0.25) is 0 Å². The van der Waals surface area contributed by atoms with Gasteiger partial charge in [0.15, 0.2) is 0 Å². The van der Waals surface area contributed by atoms with Crippen LogP contribution in [0.2, 0.25) is 0 Å². The molecule has 1 aliphatic rings. The summed E-state index contributed by atoms with van der Waals surface area (Å²) < 4.78 is 0. The average molecular weight is 262 g/mol. The summed E-state index contributed by atoms with van der Waals surface area (Å²) in [4.78, 5) is 8.87. The van der Waals surface area contributed by atoms with Crippen molar-refractivity contribution in [2.45, 2.75) is 57.8 Å². The Morgan fingerprint density at radius 3 is 2.74 bits per heavy atom. The van der Waals surface area contributed by atoms with Crippen molar-refractivity contribution < 1.29 is 0 Å². The zero-order chi connectivity index (χ0) is 13.3. The smallest absolute Gasteiger partial charge is 0.132 e. The number of nitrogens with one attached hydrogen (secondary N) is 1. The molecule has 4 nitrogen and oxygen atoms in total. The Morgan fingerprint density at radius 2 is 1.84 bits per heavy atom. The average Bonchev–Trinajstić information content (AvgIpc) is 2.68. The van der Waals surface area contributed by atoms with Crippen LogP contribution < -0.4 is 11.1 Å². The summed E-state index contributed by atoms with van der Waals surface area (Å²) in [6.07, 6.45) is 12.6. The van der Waals surface area contributed by atoms with Crippen molar-refractivity contribution in [3.63, 3.8) is 0 Å². The second-order valence-electron chi connectivity index (χ2n) is 5.34. The molecule has 0 spiro atoms. The fourth-order valence-corrected chi connectivity index (χ4v) is 2.68. The topological polar surface area (TPSA) is 63.8 Å². The Balaban J connectivity index is 1.83. The molecule has 0 saturated heterocycles. The van der Waals surface area contributed by atoms with Crippen LogP contribution >= 0.6 is 0 Å². The number of nitrogens with two attached hydrogens (primary N) is 1. The predicted molar refractivity (Wildman–Crippen MR) is 79.3 cm³/mol. The third-order valence-corrected chi connectivity index (χ3v) is 3.80. The summed E-state index contributed by atoms with van der Waals surface area (Å²) in [5.41, 5.74) is 8.12. The van der Waals surface area contributed by atoms with Crippen LogP contribution in [0, 0.1) is 0 Å². The largest absolute Gasteiger partial charge is 0.370 e. The Hall–Kier alpha value is -1.16. The number of hydrogen-bond acceptors (Lipinski definition) is 4. The first-order chi connectivity index (χ1) is 9.42. The van der Waals surface area contributed by atoms with Gasteiger partial charge in [-0.1, -0.05) is 19.3 Å². The lowest BCUT2D eigenvalue weighted by Gasteiger charge is -2.12. The molecule has 106 valence electrons. The molecule has 2 rings (SSSR count). The van der Waals surface area contributed by atoms with Gasteiger partial charge in [0.1, 0.15) is 12.1 Å². The zero-order valence-electron chi connectivity index (χ0n) is 11.8. The SMILES string of the molecule is NCCCCCCNc1ncnc2c1CCCCC2. The molecule has 1 aromatic rings. The predicted octanol–water partition coefficient (Wildman–Crippen LogP) is 2.68. The number of fused-ring (bicyclic) bond motifs is 1. The van der Waals surface area contributed by atoms with E-state index in [1.807, 2.05) is 0 Å². The van der Waals surface area contributed by atoms with E-state index in [0.717, 1.165) is 38.2 Å². The molecule has 1 heterocycles. The van der Waals surface area contributed by atoms with Crippen LogP contribution in [0.15, 0.2) is 6.33 Å². The summed E-state index contributed by atoms with van der Waals surface area (Å²) in [5, 5.41) is 3.50. The van der Waals surface area contributed by atoms with Gasteiger partial charge in [0.05, 0.1) is 0 Å². The van der Waals surface area contributed by atoms with Crippen molar-refractivity contribution in [3.05, 3.63) is 17.6 Å². The van der Waals surface area contributed by atoms with Gasteiger partial charge in [-0.05, 0) is 45.1 Å². The van der Waals surface area contributed by atoms with Gasteiger partial charge in [-0.2, -0.15) is 0 Å². The van der Waals surface area contributed by atoms with Gasteiger partial charge in [-0.15, -0.1) is 0 Å². The molecule has 0 fully saturated rings. The maximum absolute atomic E-state index is 5.49. The molecule has 0 aliphatic heterocycles. The van der Waals surface area contributed by atoms with Crippen molar-refractivity contribution in [1.82, 2.24) is 9.97 Å². The van der Waals surface area contributed by atoms with Crippen molar-refractivity contribution in [2.24, 2.45) is 5.73 Å². The maximum atomic E-state index is 5.49. The molecule has 4 heteroatoms. The number of rotatable bonds is 7.